The average Bonchev–Trinajstić information content (AvgIpc) is 2.12. The third-order valence-corrected chi connectivity index (χ3v) is 2.37. The van der Waals surface area contributed by atoms with Crippen molar-refractivity contribution in [1.29, 1.82) is 0 Å². The number of alkyl halides is 1. The fourth-order valence-electron chi connectivity index (χ4n) is 1.01. The third kappa shape index (κ3) is 6.38. The van der Waals surface area contributed by atoms with Crippen LogP contribution in [0.25, 0.3) is 0 Å². The number of hydrogen-bond donors (Lipinski definition) is 1. The lowest BCUT2D eigenvalue weighted by atomic mass is 10.1. The Hall–Kier alpha value is -0.0900. The molecular formula is C10H20BrNO2. The highest BCUT2D eigenvalue weighted by atomic mass is 79.9. The Balaban J connectivity index is 3.89. The first-order chi connectivity index (χ1) is 6.61. The lowest BCUT2D eigenvalue weighted by molar-refractivity contribution is -0.122. The predicted molar refractivity (Wildman–Crippen MR) is 61.7 cm³/mol. The van der Waals surface area contributed by atoms with Crippen molar-refractivity contribution in [2.75, 3.05) is 18.5 Å². The van der Waals surface area contributed by atoms with E-state index in [1.807, 2.05) is 6.92 Å². The molecule has 0 aromatic heterocycles. The van der Waals surface area contributed by atoms with Crippen LogP contribution >= 0.6 is 15.9 Å². The van der Waals surface area contributed by atoms with Gasteiger partial charge in [-0.1, -0.05) is 29.8 Å². The molecule has 1 unspecified atom stereocenters. The molecule has 0 aliphatic heterocycles. The Morgan fingerprint density at radius 2 is 2.14 bits per heavy atom. The smallest absolute Gasteiger partial charge is 0.221 e. The first-order valence-electron chi connectivity index (χ1n) is 5.04. The topological polar surface area (TPSA) is 38.3 Å². The van der Waals surface area contributed by atoms with Gasteiger partial charge in [-0.2, -0.15) is 0 Å². The lowest BCUT2D eigenvalue weighted by Gasteiger charge is -2.21. The van der Waals surface area contributed by atoms with E-state index >= 15 is 0 Å². The molecule has 0 radical (unpaired) electrons. The van der Waals surface area contributed by atoms with Gasteiger partial charge < -0.3 is 10.1 Å². The summed E-state index contributed by atoms with van der Waals surface area (Å²) in [6, 6.07) is 0.126. The molecule has 0 spiro atoms. The van der Waals surface area contributed by atoms with Crippen molar-refractivity contribution in [3.8, 4) is 0 Å². The van der Waals surface area contributed by atoms with E-state index in [0.29, 0.717) is 30.9 Å². The largest absolute Gasteiger partial charge is 0.380 e. The first-order valence-corrected chi connectivity index (χ1v) is 6.17. The van der Waals surface area contributed by atoms with Gasteiger partial charge in [-0.3, -0.25) is 4.79 Å². The molecule has 0 fully saturated rings. The molecule has 4 heteroatoms. The second-order valence-corrected chi connectivity index (χ2v) is 4.31. The van der Waals surface area contributed by atoms with Crippen LogP contribution in [0.5, 0.6) is 0 Å². The van der Waals surface area contributed by atoms with E-state index in [-0.39, 0.29) is 11.9 Å². The second kappa shape index (κ2) is 8.24. The predicted octanol–water partition coefficient (Wildman–Crippen LogP) is 1.95. The molecule has 1 atom stereocenters. The maximum atomic E-state index is 11.3. The van der Waals surface area contributed by atoms with E-state index in [9.17, 15) is 4.79 Å². The van der Waals surface area contributed by atoms with Gasteiger partial charge in [0, 0.05) is 18.4 Å². The molecule has 0 aliphatic rings. The highest BCUT2D eigenvalue weighted by Crippen LogP contribution is 2.03. The number of carbonyl (C=O) groups is 1. The van der Waals surface area contributed by atoms with Gasteiger partial charge in [0.25, 0.3) is 0 Å². The van der Waals surface area contributed by atoms with Crippen molar-refractivity contribution >= 4 is 21.8 Å². The van der Waals surface area contributed by atoms with Crippen LogP contribution in [0.4, 0.5) is 0 Å². The molecule has 0 saturated carbocycles. The van der Waals surface area contributed by atoms with Crippen molar-refractivity contribution in [2.45, 2.75) is 33.2 Å². The standard InChI is InChI=1S/C10H20BrNO2/c1-4-14-7-9(8(2)3)12-10(13)5-6-11/h8-9H,4-7H2,1-3H3,(H,12,13). The lowest BCUT2D eigenvalue weighted by Crippen LogP contribution is -2.41. The average molecular weight is 266 g/mol. The van der Waals surface area contributed by atoms with Crippen molar-refractivity contribution in [3.63, 3.8) is 0 Å². The molecule has 1 N–H and O–H groups in total. The molecule has 84 valence electrons. The molecule has 3 nitrogen and oxygen atoms in total. The van der Waals surface area contributed by atoms with Crippen molar-refractivity contribution in [1.82, 2.24) is 5.32 Å². The monoisotopic (exact) mass is 265 g/mol. The Morgan fingerprint density at radius 3 is 2.57 bits per heavy atom. The van der Waals surface area contributed by atoms with Crippen LogP contribution in [0.3, 0.4) is 0 Å². The van der Waals surface area contributed by atoms with Gasteiger partial charge in [-0.25, -0.2) is 0 Å². The van der Waals surface area contributed by atoms with Gasteiger partial charge in [0.1, 0.15) is 0 Å². The Morgan fingerprint density at radius 1 is 1.50 bits per heavy atom. The van der Waals surface area contributed by atoms with Crippen molar-refractivity contribution in [2.24, 2.45) is 5.92 Å². The Bertz CT molecular complexity index is 162. The SMILES string of the molecule is CCOCC(NC(=O)CCBr)C(C)C. The van der Waals surface area contributed by atoms with E-state index < -0.39 is 0 Å². The van der Waals surface area contributed by atoms with Crippen molar-refractivity contribution in [3.05, 3.63) is 0 Å². The molecule has 14 heavy (non-hydrogen) atoms. The number of nitrogens with one attached hydrogen (secondary N) is 1. The summed E-state index contributed by atoms with van der Waals surface area (Å²) in [4.78, 5) is 11.3. The molecule has 0 saturated heterocycles. The summed E-state index contributed by atoms with van der Waals surface area (Å²) in [5.41, 5.74) is 0. The molecular weight excluding hydrogens is 246 g/mol. The van der Waals surface area contributed by atoms with Crippen LogP contribution in [0.1, 0.15) is 27.2 Å². The number of halogens is 1. The minimum Gasteiger partial charge on any atom is -0.380 e. The number of rotatable bonds is 7. The summed E-state index contributed by atoms with van der Waals surface area (Å²) in [5, 5.41) is 3.66. The number of ether oxygens (including phenoxy) is 1. The maximum Gasteiger partial charge on any atom is 0.221 e. The van der Waals surface area contributed by atoms with Gasteiger partial charge in [-0.05, 0) is 12.8 Å². The summed E-state index contributed by atoms with van der Waals surface area (Å²) in [5.74, 6) is 0.487. The van der Waals surface area contributed by atoms with Crippen LogP contribution in [-0.2, 0) is 9.53 Å². The zero-order valence-corrected chi connectivity index (χ0v) is 10.8. The van der Waals surface area contributed by atoms with Gasteiger partial charge in [0.15, 0.2) is 0 Å². The van der Waals surface area contributed by atoms with E-state index in [4.69, 9.17) is 4.74 Å². The first kappa shape index (κ1) is 13.9. The summed E-state index contributed by atoms with van der Waals surface area (Å²) in [7, 11) is 0. The van der Waals surface area contributed by atoms with Gasteiger partial charge in [0.05, 0.1) is 12.6 Å². The molecule has 0 heterocycles. The van der Waals surface area contributed by atoms with E-state index in [2.05, 4.69) is 35.1 Å². The summed E-state index contributed by atoms with van der Waals surface area (Å²) in [6.07, 6.45) is 0.523. The highest BCUT2D eigenvalue weighted by Gasteiger charge is 2.15. The van der Waals surface area contributed by atoms with E-state index in [0.717, 1.165) is 0 Å². The van der Waals surface area contributed by atoms with Crippen LogP contribution in [0.2, 0.25) is 0 Å². The Labute approximate surface area is 94.7 Å². The Kier molecular flexibility index (Phi) is 8.18. The quantitative estimate of drug-likeness (QED) is 0.715. The summed E-state index contributed by atoms with van der Waals surface area (Å²) < 4.78 is 5.31. The zero-order chi connectivity index (χ0) is 11.0. The van der Waals surface area contributed by atoms with Crippen LogP contribution in [-0.4, -0.2) is 30.5 Å². The molecule has 0 aromatic carbocycles. The molecule has 1 amide bonds. The van der Waals surface area contributed by atoms with E-state index in [1.54, 1.807) is 0 Å². The number of amides is 1. The van der Waals surface area contributed by atoms with Gasteiger partial charge in [0.2, 0.25) is 5.91 Å². The fraction of sp³-hybridized carbons (Fsp3) is 0.900. The van der Waals surface area contributed by atoms with Crippen LogP contribution < -0.4 is 5.32 Å². The highest BCUT2D eigenvalue weighted by molar-refractivity contribution is 9.09. The number of carbonyl (C=O) groups excluding carboxylic acids is 1. The van der Waals surface area contributed by atoms with Crippen molar-refractivity contribution < 1.29 is 9.53 Å². The van der Waals surface area contributed by atoms with Gasteiger partial charge >= 0.3 is 0 Å². The van der Waals surface area contributed by atoms with Gasteiger partial charge in [-0.15, -0.1) is 0 Å². The molecule has 0 bridgehead atoms. The van der Waals surface area contributed by atoms with E-state index in [1.165, 1.54) is 0 Å². The third-order valence-electron chi connectivity index (χ3n) is 1.97. The zero-order valence-electron chi connectivity index (χ0n) is 9.18. The molecule has 0 aliphatic carbocycles. The summed E-state index contributed by atoms with van der Waals surface area (Å²) >= 11 is 3.24. The van der Waals surface area contributed by atoms with Crippen LogP contribution in [0.15, 0.2) is 0 Å². The minimum absolute atomic E-state index is 0.0836. The molecule has 0 rings (SSSR count). The summed E-state index contributed by atoms with van der Waals surface area (Å²) in [6.45, 7) is 7.41. The van der Waals surface area contributed by atoms with Crippen LogP contribution in [0, 0.1) is 5.92 Å². The minimum atomic E-state index is 0.0836. The maximum absolute atomic E-state index is 11.3. The fourth-order valence-corrected chi connectivity index (χ4v) is 1.37. The second-order valence-electron chi connectivity index (χ2n) is 3.52. The molecule has 0 aromatic rings. The normalized spacial score (nSPS) is 12.9. The number of hydrogen-bond acceptors (Lipinski definition) is 2.